The molecule has 0 spiro atoms. The topological polar surface area (TPSA) is 125 Å². The predicted molar refractivity (Wildman–Crippen MR) is 128 cm³/mol. The van der Waals surface area contributed by atoms with Gasteiger partial charge in [0.15, 0.2) is 0 Å². The van der Waals surface area contributed by atoms with E-state index in [9.17, 15) is 22.8 Å². The van der Waals surface area contributed by atoms with Crippen LogP contribution in [-0.4, -0.2) is 42.0 Å². The molecule has 0 aliphatic heterocycles. The molecule has 3 amide bonds. The first-order valence-electron chi connectivity index (χ1n) is 10.5. The Labute approximate surface area is 199 Å². The number of carbonyl (C=O) groups is 2. The summed E-state index contributed by atoms with van der Waals surface area (Å²) in [4.78, 5) is 34.7. The minimum absolute atomic E-state index is 0.145. The standard InChI is InChI=1S/C23H24F3N7O2/c1-14-6-7-17(31-21(34)15-4-3-5-16(10-15)23(24,25)26)11-18(14)32-22(35)33(2)20-12-19(28-9-8-27)29-13-30-20/h3-7,10-13H,8-9,27H2,1-2H3,(H,31,34)(H,32,35)(H,28,29,30). The Hall–Kier alpha value is -4.19. The number of nitrogens with one attached hydrogen (secondary N) is 3. The van der Waals surface area contributed by atoms with Crippen molar-refractivity contribution in [1.29, 1.82) is 0 Å². The highest BCUT2D eigenvalue weighted by Gasteiger charge is 2.30. The van der Waals surface area contributed by atoms with E-state index in [0.717, 1.165) is 12.1 Å². The summed E-state index contributed by atoms with van der Waals surface area (Å²) in [6.45, 7) is 2.67. The van der Waals surface area contributed by atoms with Gasteiger partial charge in [0.2, 0.25) is 0 Å². The maximum absolute atomic E-state index is 12.9. The van der Waals surface area contributed by atoms with Crippen molar-refractivity contribution < 1.29 is 22.8 Å². The molecule has 2 aromatic carbocycles. The van der Waals surface area contributed by atoms with Crippen molar-refractivity contribution in [3.05, 3.63) is 71.5 Å². The fourth-order valence-electron chi connectivity index (χ4n) is 3.00. The molecule has 184 valence electrons. The smallest absolute Gasteiger partial charge is 0.369 e. The van der Waals surface area contributed by atoms with E-state index in [1.165, 1.54) is 36.5 Å². The summed E-state index contributed by atoms with van der Waals surface area (Å²) >= 11 is 0. The summed E-state index contributed by atoms with van der Waals surface area (Å²) in [6.07, 6.45) is -3.25. The zero-order valence-electron chi connectivity index (χ0n) is 19.0. The molecule has 5 N–H and O–H groups in total. The number of hydrogen-bond donors (Lipinski definition) is 4. The average molecular weight is 487 g/mol. The fourth-order valence-corrected chi connectivity index (χ4v) is 3.00. The van der Waals surface area contributed by atoms with Gasteiger partial charge in [-0.25, -0.2) is 14.8 Å². The number of anilines is 4. The molecule has 0 unspecified atom stereocenters. The van der Waals surface area contributed by atoms with Gasteiger partial charge in [-0.05, 0) is 42.8 Å². The molecule has 0 fully saturated rings. The quantitative estimate of drug-likeness (QED) is 0.398. The Balaban J connectivity index is 1.73. The molecule has 9 nitrogen and oxygen atoms in total. The average Bonchev–Trinajstić information content (AvgIpc) is 2.84. The van der Waals surface area contributed by atoms with Gasteiger partial charge in [0.25, 0.3) is 5.91 Å². The van der Waals surface area contributed by atoms with E-state index in [0.29, 0.717) is 41.7 Å². The molecule has 0 aliphatic carbocycles. The van der Waals surface area contributed by atoms with Crippen LogP contribution in [0.25, 0.3) is 0 Å². The molecule has 1 heterocycles. The van der Waals surface area contributed by atoms with Crippen molar-refractivity contribution in [2.45, 2.75) is 13.1 Å². The lowest BCUT2D eigenvalue weighted by atomic mass is 10.1. The number of urea groups is 1. The van der Waals surface area contributed by atoms with E-state index in [4.69, 9.17) is 5.73 Å². The molecule has 0 bridgehead atoms. The summed E-state index contributed by atoms with van der Waals surface area (Å²) in [5.74, 6) is 0.132. The van der Waals surface area contributed by atoms with Gasteiger partial charge >= 0.3 is 12.2 Å². The number of halogens is 3. The van der Waals surface area contributed by atoms with Crippen molar-refractivity contribution in [3.63, 3.8) is 0 Å². The van der Waals surface area contributed by atoms with Gasteiger partial charge < -0.3 is 21.7 Å². The first-order chi connectivity index (χ1) is 16.6. The third-order valence-corrected chi connectivity index (χ3v) is 4.94. The number of nitrogens with zero attached hydrogens (tertiary/aromatic N) is 3. The summed E-state index contributed by atoms with van der Waals surface area (Å²) in [6, 6.07) is 9.97. The lowest BCUT2D eigenvalue weighted by Crippen LogP contribution is -2.32. The van der Waals surface area contributed by atoms with E-state index >= 15 is 0 Å². The van der Waals surface area contributed by atoms with Crippen LogP contribution in [0.15, 0.2) is 54.9 Å². The van der Waals surface area contributed by atoms with Crippen molar-refractivity contribution in [2.75, 3.05) is 41.0 Å². The van der Waals surface area contributed by atoms with Crippen LogP contribution in [0.4, 0.5) is 41.0 Å². The van der Waals surface area contributed by atoms with Gasteiger partial charge in [-0.15, -0.1) is 0 Å². The number of rotatable bonds is 7. The van der Waals surface area contributed by atoms with E-state index in [-0.39, 0.29) is 5.56 Å². The third kappa shape index (κ3) is 6.67. The Morgan fingerprint density at radius 2 is 1.83 bits per heavy atom. The molecule has 0 radical (unpaired) electrons. The van der Waals surface area contributed by atoms with Gasteiger partial charge in [-0.1, -0.05) is 12.1 Å². The number of amides is 3. The number of hydrogen-bond acceptors (Lipinski definition) is 6. The van der Waals surface area contributed by atoms with Gasteiger partial charge in [-0.2, -0.15) is 13.2 Å². The predicted octanol–water partition coefficient (Wildman–Crippen LogP) is 4.10. The number of benzene rings is 2. The molecule has 0 aliphatic rings. The number of aromatic nitrogens is 2. The molecule has 0 saturated carbocycles. The SMILES string of the molecule is Cc1ccc(NC(=O)c2cccc(C(F)(F)F)c2)cc1NC(=O)N(C)c1cc(NCCN)ncn1. The van der Waals surface area contributed by atoms with Crippen molar-refractivity contribution in [1.82, 2.24) is 9.97 Å². The maximum Gasteiger partial charge on any atom is 0.416 e. The van der Waals surface area contributed by atoms with Gasteiger partial charge in [-0.3, -0.25) is 9.69 Å². The van der Waals surface area contributed by atoms with E-state index in [1.807, 2.05) is 0 Å². The largest absolute Gasteiger partial charge is 0.416 e. The van der Waals surface area contributed by atoms with Crippen molar-refractivity contribution in [2.24, 2.45) is 5.73 Å². The van der Waals surface area contributed by atoms with Crippen molar-refractivity contribution in [3.8, 4) is 0 Å². The van der Waals surface area contributed by atoms with E-state index in [2.05, 4.69) is 25.9 Å². The Bertz CT molecular complexity index is 1220. The normalized spacial score (nSPS) is 11.0. The second-order valence-electron chi connectivity index (χ2n) is 7.53. The fraction of sp³-hybridized carbons (Fsp3) is 0.217. The molecular formula is C23H24F3N7O2. The zero-order valence-corrected chi connectivity index (χ0v) is 19.0. The highest BCUT2D eigenvalue weighted by atomic mass is 19.4. The first kappa shape index (κ1) is 25.4. The Morgan fingerprint density at radius 3 is 2.54 bits per heavy atom. The van der Waals surface area contributed by atoms with Gasteiger partial charge in [0.1, 0.15) is 18.0 Å². The van der Waals surface area contributed by atoms with Crippen LogP contribution < -0.4 is 26.6 Å². The minimum atomic E-state index is -4.56. The molecule has 0 atom stereocenters. The summed E-state index contributed by atoms with van der Waals surface area (Å²) < 4.78 is 38.8. The Kier molecular flexibility index (Phi) is 7.87. The molecule has 1 aromatic heterocycles. The summed E-state index contributed by atoms with van der Waals surface area (Å²) in [7, 11) is 1.53. The van der Waals surface area contributed by atoms with Gasteiger partial charge in [0, 0.05) is 43.1 Å². The Morgan fingerprint density at radius 1 is 1.06 bits per heavy atom. The van der Waals surface area contributed by atoms with E-state index < -0.39 is 23.7 Å². The third-order valence-electron chi connectivity index (χ3n) is 4.94. The maximum atomic E-state index is 12.9. The highest BCUT2D eigenvalue weighted by molar-refractivity contribution is 6.05. The summed E-state index contributed by atoms with van der Waals surface area (Å²) in [5.41, 5.74) is 5.81. The van der Waals surface area contributed by atoms with Crippen LogP contribution in [0.1, 0.15) is 21.5 Å². The van der Waals surface area contributed by atoms with Crippen molar-refractivity contribution >= 4 is 34.9 Å². The molecule has 35 heavy (non-hydrogen) atoms. The van der Waals surface area contributed by atoms with Crippen LogP contribution in [0.5, 0.6) is 0 Å². The second-order valence-corrected chi connectivity index (χ2v) is 7.53. The molecule has 0 saturated heterocycles. The zero-order chi connectivity index (χ0) is 25.6. The van der Waals surface area contributed by atoms with E-state index in [1.54, 1.807) is 25.1 Å². The number of carbonyl (C=O) groups excluding carboxylic acids is 2. The van der Waals surface area contributed by atoms with Crippen LogP contribution in [0.3, 0.4) is 0 Å². The van der Waals surface area contributed by atoms with Gasteiger partial charge in [0.05, 0.1) is 5.56 Å². The monoisotopic (exact) mass is 487 g/mol. The molecular weight excluding hydrogens is 463 g/mol. The first-order valence-corrected chi connectivity index (χ1v) is 10.5. The highest BCUT2D eigenvalue weighted by Crippen LogP contribution is 2.30. The molecule has 3 aromatic rings. The second kappa shape index (κ2) is 10.8. The van der Waals surface area contributed by atoms with Crippen LogP contribution in [0.2, 0.25) is 0 Å². The van der Waals surface area contributed by atoms with Crippen LogP contribution >= 0.6 is 0 Å². The lowest BCUT2D eigenvalue weighted by molar-refractivity contribution is -0.137. The molecule has 3 rings (SSSR count). The summed E-state index contributed by atoms with van der Waals surface area (Å²) in [5, 5.41) is 8.30. The van der Waals surface area contributed by atoms with Crippen LogP contribution in [-0.2, 0) is 6.18 Å². The number of aryl methyl sites for hydroxylation is 1. The molecule has 12 heteroatoms. The van der Waals surface area contributed by atoms with Crippen LogP contribution in [0, 0.1) is 6.92 Å². The number of nitrogens with two attached hydrogens (primary N) is 1. The lowest BCUT2D eigenvalue weighted by Gasteiger charge is -2.19. The number of alkyl halides is 3. The minimum Gasteiger partial charge on any atom is -0.369 e.